The summed E-state index contributed by atoms with van der Waals surface area (Å²) in [4.78, 5) is 14.9. The van der Waals surface area contributed by atoms with Crippen molar-refractivity contribution in [1.82, 2.24) is 15.1 Å². The van der Waals surface area contributed by atoms with Crippen molar-refractivity contribution < 1.29 is 9.53 Å². The van der Waals surface area contributed by atoms with Crippen LogP contribution >= 0.6 is 0 Å². The van der Waals surface area contributed by atoms with Gasteiger partial charge in [0.2, 0.25) is 0 Å². The average molecular weight is 327 g/mol. The maximum atomic E-state index is 13.0. The van der Waals surface area contributed by atoms with Gasteiger partial charge in [0, 0.05) is 30.8 Å². The van der Waals surface area contributed by atoms with E-state index in [9.17, 15) is 4.79 Å². The van der Waals surface area contributed by atoms with Crippen LogP contribution in [0.3, 0.4) is 0 Å². The van der Waals surface area contributed by atoms with Gasteiger partial charge in [-0.15, -0.1) is 0 Å². The van der Waals surface area contributed by atoms with Gasteiger partial charge in [-0.3, -0.25) is 9.89 Å². The van der Waals surface area contributed by atoms with Crippen molar-refractivity contribution in [3.63, 3.8) is 0 Å². The summed E-state index contributed by atoms with van der Waals surface area (Å²) in [7, 11) is 0. The van der Waals surface area contributed by atoms with Crippen LogP contribution in [0.1, 0.15) is 42.2 Å². The largest absolute Gasteiger partial charge is 0.376 e. The molecule has 0 saturated carbocycles. The lowest BCUT2D eigenvalue weighted by molar-refractivity contribution is 0.0521. The normalized spacial score (nSPS) is 17.2. The monoisotopic (exact) mass is 327 g/mol. The minimum Gasteiger partial charge on any atom is -0.376 e. The van der Waals surface area contributed by atoms with Crippen LogP contribution in [0, 0.1) is 6.92 Å². The SMILES string of the molecule is CCCN(C[C@@H]1CCCO1)C(=O)c1[nH]nc(-c2ccccc2)c1C. The van der Waals surface area contributed by atoms with Crippen LogP contribution in [-0.4, -0.2) is 46.8 Å². The van der Waals surface area contributed by atoms with E-state index in [0.717, 1.165) is 49.2 Å². The molecule has 128 valence electrons. The average Bonchev–Trinajstić information content (AvgIpc) is 3.24. The van der Waals surface area contributed by atoms with Gasteiger partial charge >= 0.3 is 0 Å². The molecule has 0 radical (unpaired) electrons. The van der Waals surface area contributed by atoms with E-state index in [4.69, 9.17) is 4.74 Å². The van der Waals surface area contributed by atoms with Gasteiger partial charge in [0.05, 0.1) is 11.8 Å². The molecule has 2 heterocycles. The molecule has 0 unspecified atom stereocenters. The number of rotatable bonds is 6. The predicted molar refractivity (Wildman–Crippen MR) is 93.9 cm³/mol. The van der Waals surface area contributed by atoms with Crippen molar-refractivity contribution >= 4 is 5.91 Å². The molecule has 1 amide bonds. The molecule has 1 N–H and O–H groups in total. The van der Waals surface area contributed by atoms with Crippen molar-refractivity contribution in [2.45, 2.75) is 39.2 Å². The van der Waals surface area contributed by atoms with E-state index in [0.29, 0.717) is 12.2 Å². The molecule has 1 atom stereocenters. The Morgan fingerprint density at radius 2 is 2.17 bits per heavy atom. The Balaban J connectivity index is 1.81. The highest BCUT2D eigenvalue weighted by Crippen LogP contribution is 2.24. The first kappa shape index (κ1) is 16.7. The number of nitrogens with one attached hydrogen (secondary N) is 1. The zero-order chi connectivity index (χ0) is 16.9. The van der Waals surface area contributed by atoms with Gasteiger partial charge in [-0.25, -0.2) is 0 Å². The summed E-state index contributed by atoms with van der Waals surface area (Å²) in [5.41, 5.74) is 3.35. The molecular formula is C19H25N3O2. The van der Waals surface area contributed by atoms with Gasteiger partial charge in [0.1, 0.15) is 5.69 Å². The van der Waals surface area contributed by atoms with E-state index >= 15 is 0 Å². The molecule has 1 aliphatic rings. The molecule has 5 nitrogen and oxygen atoms in total. The summed E-state index contributed by atoms with van der Waals surface area (Å²) in [6, 6.07) is 9.95. The highest BCUT2D eigenvalue weighted by atomic mass is 16.5. The van der Waals surface area contributed by atoms with Gasteiger partial charge in [0.25, 0.3) is 5.91 Å². The minimum atomic E-state index is 0.0135. The van der Waals surface area contributed by atoms with Crippen LogP contribution in [0.15, 0.2) is 30.3 Å². The van der Waals surface area contributed by atoms with E-state index in [1.54, 1.807) is 0 Å². The summed E-state index contributed by atoms with van der Waals surface area (Å²) in [6.45, 7) is 6.24. The molecular weight excluding hydrogens is 302 g/mol. The van der Waals surface area contributed by atoms with Crippen LogP contribution in [0.2, 0.25) is 0 Å². The second-order valence-electron chi connectivity index (χ2n) is 6.32. The third-order valence-electron chi connectivity index (χ3n) is 4.50. The Morgan fingerprint density at radius 3 is 2.83 bits per heavy atom. The number of aromatic nitrogens is 2. The number of benzene rings is 1. The Hall–Kier alpha value is -2.14. The molecule has 1 aromatic heterocycles. The van der Waals surface area contributed by atoms with Crippen LogP contribution in [0.25, 0.3) is 11.3 Å². The molecule has 1 aliphatic heterocycles. The molecule has 24 heavy (non-hydrogen) atoms. The van der Waals surface area contributed by atoms with Gasteiger partial charge in [-0.1, -0.05) is 37.3 Å². The first-order chi connectivity index (χ1) is 11.7. The number of aromatic amines is 1. The molecule has 1 saturated heterocycles. The Kier molecular flexibility index (Phi) is 5.30. The van der Waals surface area contributed by atoms with Gasteiger partial charge in [0.15, 0.2) is 0 Å². The van der Waals surface area contributed by atoms with Crippen molar-refractivity contribution in [2.75, 3.05) is 19.7 Å². The number of ether oxygens (including phenoxy) is 1. The van der Waals surface area contributed by atoms with E-state index in [1.807, 2.05) is 42.2 Å². The fourth-order valence-electron chi connectivity index (χ4n) is 3.22. The van der Waals surface area contributed by atoms with Crippen molar-refractivity contribution in [1.29, 1.82) is 0 Å². The van der Waals surface area contributed by atoms with Gasteiger partial charge in [-0.05, 0) is 26.2 Å². The minimum absolute atomic E-state index is 0.0135. The first-order valence-electron chi connectivity index (χ1n) is 8.72. The Bertz CT molecular complexity index is 675. The third kappa shape index (κ3) is 3.51. The molecule has 1 aromatic carbocycles. The number of carbonyl (C=O) groups is 1. The molecule has 1 fully saturated rings. The van der Waals surface area contributed by atoms with Crippen LogP contribution < -0.4 is 0 Å². The fraction of sp³-hybridized carbons (Fsp3) is 0.474. The maximum Gasteiger partial charge on any atom is 0.272 e. The number of carbonyl (C=O) groups excluding carboxylic acids is 1. The topological polar surface area (TPSA) is 58.2 Å². The van der Waals surface area contributed by atoms with Crippen LogP contribution in [-0.2, 0) is 4.74 Å². The summed E-state index contributed by atoms with van der Waals surface area (Å²) in [6.07, 6.45) is 3.21. The molecule has 0 spiro atoms. The van der Waals surface area contributed by atoms with Crippen LogP contribution in [0.4, 0.5) is 0 Å². The van der Waals surface area contributed by atoms with E-state index in [-0.39, 0.29) is 12.0 Å². The first-order valence-corrected chi connectivity index (χ1v) is 8.72. The van der Waals surface area contributed by atoms with E-state index in [2.05, 4.69) is 17.1 Å². The predicted octanol–water partition coefficient (Wildman–Crippen LogP) is 3.42. The molecule has 0 aliphatic carbocycles. The second-order valence-corrected chi connectivity index (χ2v) is 6.32. The number of hydrogen-bond acceptors (Lipinski definition) is 3. The smallest absolute Gasteiger partial charge is 0.272 e. The molecule has 2 aromatic rings. The summed E-state index contributed by atoms with van der Waals surface area (Å²) >= 11 is 0. The number of amides is 1. The zero-order valence-corrected chi connectivity index (χ0v) is 14.4. The fourth-order valence-corrected chi connectivity index (χ4v) is 3.22. The second kappa shape index (κ2) is 7.62. The van der Waals surface area contributed by atoms with Crippen molar-refractivity contribution in [3.05, 3.63) is 41.6 Å². The summed E-state index contributed by atoms with van der Waals surface area (Å²) in [5, 5.41) is 7.33. The summed E-state index contributed by atoms with van der Waals surface area (Å²) in [5.74, 6) is 0.0135. The standard InChI is InChI=1S/C19H25N3O2/c1-3-11-22(13-16-10-7-12-24-16)19(23)18-14(2)17(20-21-18)15-8-5-4-6-9-15/h4-6,8-9,16H,3,7,10-13H2,1-2H3,(H,20,21)/t16-/m0/s1. The lowest BCUT2D eigenvalue weighted by Gasteiger charge is -2.24. The third-order valence-corrected chi connectivity index (χ3v) is 4.50. The van der Waals surface area contributed by atoms with Gasteiger partial charge in [-0.2, -0.15) is 5.10 Å². The Labute approximate surface area is 143 Å². The number of nitrogens with zero attached hydrogens (tertiary/aromatic N) is 2. The lowest BCUT2D eigenvalue weighted by atomic mass is 10.1. The lowest BCUT2D eigenvalue weighted by Crippen LogP contribution is -2.38. The number of H-pyrrole nitrogens is 1. The molecule has 3 rings (SSSR count). The highest BCUT2D eigenvalue weighted by molar-refractivity contribution is 5.95. The Morgan fingerprint density at radius 1 is 1.38 bits per heavy atom. The summed E-state index contributed by atoms with van der Waals surface area (Å²) < 4.78 is 5.70. The van der Waals surface area contributed by atoms with E-state index in [1.165, 1.54) is 0 Å². The molecule has 0 bridgehead atoms. The van der Waals surface area contributed by atoms with Crippen molar-refractivity contribution in [3.8, 4) is 11.3 Å². The van der Waals surface area contributed by atoms with E-state index < -0.39 is 0 Å². The van der Waals surface area contributed by atoms with Gasteiger partial charge < -0.3 is 9.64 Å². The van der Waals surface area contributed by atoms with Crippen molar-refractivity contribution in [2.24, 2.45) is 0 Å². The highest BCUT2D eigenvalue weighted by Gasteiger charge is 2.26. The molecule has 5 heteroatoms. The quantitative estimate of drug-likeness (QED) is 0.884. The maximum absolute atomic E-state index is 13.0. The van der Waals surface area contributed by atoms with Crippen LogP contribution in [0.5, 0.6) is 0 Å². The zero-order valence-electron chi connectivity index (χ0n) is 14.4. The number of hydrogen-bond donors (Lipinski definition) is 1.